The van der Waals surface area contributed by atoms with Crippen molar-refractivity contribution in [2.75, 3.05) is 82.8 Å². The molecule has 6 heterocycles. The van der Waals surface area contributed by atoms with Gasteiger partial charge in [0.25, 0.3) is 5.91 Å². The Balaban J connectivity index is 0.736. The van der Waals surface area contributed by atoms with E-state index in [0.717, 1.165) is 121 Å². The number of carbonyl (C=O) groups excluding carboxylic acids is 6. The molecule has 7 amide bonds. The number of ether oxygens (including phenoxy) is 2. The van der Waals surface area contributed by atoms with E-state index in [1.54, 1.807) is 42.0 Å². The number of nitrogens with zero attached hydrogens (tertiary/aromatic N) is 7. The molecule has 1 spiro atoms. The second kappa shape index (κ2) is 39.4. The van der Waals surface area contributed by atoms with E-state index in [1.165, 1.54) is 54.6 Å². The maximum Gasteiger partial charge on any atom is 0.326 e. The number of benzene rings is 3. The Hall–Kier alpha value is -8.93. The number of carboxylic acid groups (broad SMARTS) is 2. The Morgan fingerprint density at radius 3 is 2.10 bits per heavy atom. The molecule has 6 N–H and O–H groups in total. The van der Waals surface area contributed by atoms with E-state index >= 15 is 4.39 Å². The third-order valence-corrected chi connectivity index (χ3v) is 21.8. The summed E-state index contributed by atoms with van der Waals surface area (Å²) in [6.07, 6.45) is 21.9. The van der Waals surface area contributed by atoms with Crippen molar-refractivity contribution in [2.45, 2.75) is 213 Å². The largest absolute Gasteiger partial charge is 0.495 e. The number of urea groups is 2. The highest BCUT2D eigenvalue weighted by Crippen LogP contribution is 2.43. The van der Waals surface area contributed by atoms with Gasteiger partial charge in [0, 0.05) is 104 Å². The summed E-state index contributed by atoms with van der Waals surface area (Å²) in [6.45, 7) is 16.8. The molecule has 4 aliphatic rings. The second-order valence-electron chi connectivity index (χ2n) is 29.9. The summed E-state index contributed by atoms with van der Waals surface area (Å²) >= 11 is 0. The first-order valence-corrected chi connectivity index (χ1v) is 38.6. The molecule has 9 rings (SSSR count). The molecule has 0 bridgehead atoms. The van der Waals surface area contributed by atoms with Gasteiger partial charge in [0.05, 0.1) is 25.0 Å². The van der Waals surface area contributed by atoms with Crippen LogP contribution in [0, 0.1) is 30.0 Å². The third kappa shape index (κ3) is 23.0. The van der Waals surface area contributed by atoms with E-state index in [9.17, 15) is 43.5 Å². The van der Waals surface area contributed by atoms with E-state index in [4.69, 9.17) is 14.6 Å². The number of methoxy groups -OCH3 is 1. The number of nitrogens with one attached hydrogen (secondary N) is 4. The Morgan fingerprint density at radius 2 is 1.45 bits per heavy atom. The average molecular weight is 1450 g/mol. The zero-order valence-electron chi connectivity index (χ0n) is 62.5. The molecule has 24 heteroatoms. The molecule has 4 fully saturated rings. The van der Waals surface area contributed by atoms with Crippen molar-refractivity contribution < 1.29 is 62.4 Å². The zero-order valence-corrected chi connectivity index (χ0v) is 62.5. The van der Waals surface area contributed by atoms with Gasteiger partial charge in [-0.3, -0.25) is 28.9 Å². The second-order valence-corrected chi connectivity index (χ2v) is 29.9. The smallest absolute Gasteiger partial charge is 0.326 e. The van der Waals surface area contributed by atoms with Gasteiger partial charge in [-0.2, -0.15) is 0 Å². The number of carbonyl (C=O) groups is 8. The number of aromatic nitrogens is 3. The normalized spacial score (nSPS) is 17.1. The van der Waals surface area contributed by atoms with Crippen molar-refractivity contribution in [3.8, 4) is 28.3 Å². The van der Waals surface area contributed by atoms with Crippen molar-refractivity contribution in [1.82, 2.24) is 45.2 Å². The summed E-state index contributed by atoms with van der Waals surface area (Å²) < 4.78 is 27.4. The minimum atomic E-state index is -1.23. The Morgan fingerprint density at radius 1 is 0.781 bits per heavy atom. The number of likely N-dealkylation sites (tertiary alicyclic amines) is 3. The van der Waals surface area contributed by atoms with E-state index in [-0.39, 0.29) is 86.1 Å². The van der Waals surface area contributed by atoms with Crippen molar-refractivity contribution in [1.29, 1.82) is 0 Å². The van der Waals surface area contributed by atoms with E-state index in [0.29, 0.717) is 102 Å². The summed E-state index contributed by atoms with van der Waals surface area (Å²) in [5, 5.41) is 28.4. The number of H-pyrrole nitrogens is 1. The number of esters is 1. The molecule has 3 aromatic carbocycles. The number of unbranched alkanes of at least 4 members (excludes halogenated alkanes) is 14. The van der Waals surface area contributed by atoms with Gasteiger partial charge in [-0.25, -0.2) is 28.7 Å². The molecular weight excluding hydrogens is 1340 g/mol. The summed E-state index contributed by atoms with van der Waals surface area (Å²) in [6, 6.07) is 16.4. The van der Waals surface area contributed by atoms with Gasteiger partial charge in [0.15, 0.2) is 0 Å². The first kappa shape index (κ1) is 80.2. The molecular formula is C81H112FN11O12. The van der Waals surface area contributed by atoms with Gasteiger partial charge in [-0.1, -0.05) is 135 Å². The monoisotopic (exact) mass is 1450 g/mol. The minimum absolute atomic E-state index is 0.0370. The number of hydrogen-bond donors (Lipinski definition) is 6. The molecule has 0 aliphatic carbocycles. The van der Waals surface area contributed by atoms with Gasteiger partial charge in [0.1, 0.15) is 42.2 Å². The van der Waals surface area contributed by atoms with E-state index in [2.05, 4.69) is 73.6 Å². The van der Waals surface area contributed by atoms with Crippen LogP contribution in [0.25, 0.3) is 33.5 Å². The highest BCUT2D eigenvalue weighted by atomic mass is 19.1. The molecule has 3 atom stereocenters. The molecule has 0 radical (unpaired) electrons. The van der Waals surface area contributed by atoms with Crippen LogP contribution in [0.1, 0.15) is 209 Å². The molecule has 23 nitrogen and oxygen atoms in total. The molecule has 105 heavy (non-hydrogen) atoms. The maximum atomic E-state index is 15.8. The van der Waals surface area contributed by atoms with Crippen LogP contribution >= 0.6 is 0 Å². The number of anilines is 2. The molecule has 4 aliphatic heterocycles. The zero-order chi connectivity index (χ0) is 75.0. The number of aliphatic carboxylic acids is 2. The van der Waals surface area contributed by atoms with E-state index in [1.807, 2.05) is 24.8 Å². The average Bonchev–Trinajstić information content (AvgIpc) is 1.72. The van der Waals surface area contributed by atoms with E-state index < -0.39 is 54.4 Å². The number of fused-ring (bicyclic) bond motifs is 1. The summed E-state index contributed by atoms with van der Waals surface area (Å²) in [4.78, 5) is 127. The van der Waals surface area contributed by atoms with Crippen LogP contribution in [0.2, 0.25) is 0 Å². The highest BCUT2D eigenvalue weighted by molar-refractivity contribution is 6.01. The summed E-state index contributed by atoms with van der Waals surface area (Å²) in [5.41, 5.74) is 7.26. The van der Waals surface area contributed by atoms with Gasteiger partial charge in [0.2, 0.25) is 11.8 Å². The molecule has 0 saturated carbocycles. The number of halogens is 1. The van der Waals surface area contributed by atoms with Gasteiger partial charge < -0.3 is 60.2 Å². The predicted molar refractivity (Wildman–Crippen MR) is 404 cm³/mol. The van der Waals surface area contributed by atoms with Crippen molar-refractivity contribution >= 4 is 70.1 Å². The predicted octanol–water partition coefficient (Wildman–Crippen LogP) is 14.5. The Labute approximate surface area is 618 Å². The van der Waals surface area contributed by atoms with Crippen LogP contribution in [0.4, 0.5) is 25.4 Å². The maximum absolute atomic E-state index is 15.8. The SMILES string of the molecule is C=C1CCN(c2cc(C(=O)N3CCC4(CCN(CCc5ccc(-c6cc7c(-c8cc(F)cc(NC(=O)N9C[C@H](CC(C)C)[C@@H](OC(=O)CNC(=O)CC[C@@H](C(=O)O)N(CCCCCCCCCCC)C(=O)CCCCCCCCCC(=O)O)C9)c8C)ncnc7[nH]6)cc5)CC4)CC3)ccc2OC)C(=O)N1. The van der Waals surface area contributed by atoms with Crippen molar-refractivity contribution in [3.63, 3.8) is 0 Å². The Kier molecular flexibility index (Phi) is 30.1. The van der Waals surface area contributed by atoms with Crippen LogP contribution in [0.3, 0.4) is 0 Å². The Bertz CT molecular complexity index is 3790. The summed E-state index contributed by atoms with van der Waals surface area (Å²) in [7, 11) is 1.56. The minimum Gasteiger partial charge on any atom is -0.495 e. The van der Waals surface area contributed by atoms with Crippen LogP contribution in [-0.4, -0.2) is 177 Å². The lowest BCUT2D eigenvalue weighted by atomic mass is 9.71. The van der Waals surface area contributed by atoms with Gasteiger partial charge >= 0.3 is 30.0 Å². The van der Waals surface area contributed by atoms with Crippen molar-refractivity contribution in [3.05, 3.63) is 102 Å². The van der Waals surface area contributed by atoms with Gasteiger partial charge in [-0.15, -0.1) is 0 Å². The molecule has 0 unspecified atom stereocenters. The lowest BCUT2D eigenvalue weighted by Crippen LogP contribution is -2.48. The fourth-order valence-electron chi connectivity index (χ4n) is 15.5. The lowest BCUT2D eigenvalue weighted by Gasteiger charge is -2.47. The van der Waals surface area contributed by atoms with Crippen LogP contribution in [-0.2, 0) is 35.1 Å². The van der Waals surface area contributed by atoms with Crippen LogP contribution in [0.5, 0.6) is 5.75 Å². The number of amides is 7. The fourth-order valence-corrected chi connectivity index (χ4v) is 15.5. The number of hydrogen-bond acceptors (Lipinski definition) is 13. The first-order chi connectivity index (χ1) is 50.6. The number of carboxylic acids is 2. The molecule has 570 valence electrons. The number of aromatic amines is 1. The first-order valence-electron chi connectivity index (χ1n) is 38.6. The standard InChI is InChI=1S/C81H112FN11O12/c1-7-8-9-10-11-12-16-19-22-39-92(72(95)23-20-17-14-13-15-18-21-24-73(96)97)67(78(100)101)30-32-71(94)83-51-74(98)105-70-53-91(52-61(70)46-55(2)3)79(102)88-65-49-62(82)48-63(57(65)5)75-64-50-66(87-76(64)85-54-84-75)59-27-25-58(26-28-59)34-40-89-42-35-81(36-43-89)37-44-90(45-38-81)77(99)60-29-31-69(104-6)68(47-60)93-41-33-56(4)86-80(93)103/h25-29,31,47-50,54-55,61,67,70H,4,7-24,30,32-46,51-53H2,1-3,5-6H3,(H,83,94)(H,86,103)(H,88,102)(H,96,97)(H,100,101)(H,84,85,87)/t61-,67-,70-/m0/s1. The third-order valence-electron chi connectivity index (χ3n) is 21.8. The van der Waals surface area contributed by atoms with Crippen LogP contribution in [0.15, 0.2) is 79.3 Å². The summed E-state index contributed by atoms with van der Waals surface area (Å²) in [5.74, 6) is -3.71. The molecule has 2 aromatic heterocycles. The topological polar surface area (TPSA) is 289 Å². The molecule has 4 saturated heterocycles. The number of piperidine rings is 2. The van der Waals surface area contributed by atoms with Crippen LogP contribution < -0.4 is 25.6 Å². The molecule has 5 aromatic rings. The number of rotatable bonds is 39. The fraction of sp³-hybridized carbons (Fsp3) is 0.580. The highest BCUT2D eigenvalue weighted by Gasteiger charge is 2.41. The van der Waals surface area contributed by atoms with Gasteiger partial charge in [-0.05, 0) is 149 Å². The quantitative estimate of drug-likeness (QED) is 0.0157. The lowest BCUT2D eigenvalue weighted by molar-refractivity contribution is -0.151. The van der Waals surface area contributed by atoms with Crippen molar-refractivity contribution in [2.24, 2.45) is 17.3 Å².